The van der Waals surface area contributed by atoms with Gasteiger partial charge >= 0.3 is 6.18 Å². The van der Waals surface area contributed by atoms with Gasteiger partial charge in [0.2, 0.25) is 11.8 Å². The third kappa shape index (κ3) is 7.63. The van der Waals surface area contributed by atoms with Crippen LogP contribution in [0.4, 0.5) is 30.7 Å². The second-order valence-corrected chi connectivity index (χ2v) is 11.3. The lowest BCUT2D eigenvalue weighted by atomic mass is 9.81. The van der Waals surface area contributed by atoms with Crippen LogP contribution in [-0.2, 0) is 4.79 Å². The van der Waals surface area contributed by atoms with E-state index < -0.39 is 79.6 Å². The highest BCUT2D eigenvalue weighted by atomic mass is 19.4. The minimum absolute atomic E-state index is 0.0272. The first-order valence-electron chi connectivity index (χ1n) is 14.1. The Bertz CT molecular complexity index is 1460. The first-order valence-corrected chi connectivity index (χ1v) is 14.1. The lowest BCUT2D eigenvalue weighted by Gasteiger charge is -2.33. The maximum absolute atomic E-state index is 14.0. The highest BCUT2D eigenvalue weighted by Gasteiger charge is 2.40. The van der Waals surface area contributed by atoms with Crippen molar-refractivity contribution in [1.29, 1.82) is 0 Å². The monoisotopic (exact) mass is 613 g/mol. The van der Waals surface area contributed by atoms with E-state index >= 15 is 0 Å². The summed E-state index contributed by atoms with van der Waals surface area (Å²) in [6, 6.07) is 5.42. The molecular formula is C29H30F7N5O2. The zero-order valence-electron chi connectivity index (χ0n) is 22.9. The molecule has 3 aromatic rings. The standard InChI is InChI=1S/C29H30F7N5O2/c30-26(31)19-3-1-2-4-20(19)27(43)40-25(17-7-10-28(32,33)11-8-17)21-15-41-22(38-21)13-18(14-37-41)24(16-5-6-16)39-23(42)9-12-29(34,35)36/h1-4,13-17,24-26H,5-12H2,(H,39,42)(H,40,43)/t24-,25+/m1/s1. The van der Waals surface area contributed by atoms with E-state index in [2.05, 4.69) is 20.7 Å². The maximum atomic E-state index is 14.0. The third-order valence-electron chi connectivity index (χ3n) is 8.04. The van der Waals surface area contributed by atoms with E-state index in [0.717, 1.165) is 18.9 Å². The van der Waals surface area contributed by atoms with Crippen LogP contribution < -0.4 is 10.6 Å². The van der Waals surface area contributed by atoms with Gasteiger partial charge in [-0.3, -0.25) is 9.59 Å². The smallest absolute Gasteiger partial charge is 0.349 e. The third-order valence-corrected chi connectivity index (χ3v) is 8.04. The van der Waals surface area contributed by atoms with Crippen molar-refractivity contribution in [3.63, 3.8) is 0 Å². The van der Waals surface area contributed by atoms with Crippen molar-refractivity contribution < 1.29 is 40.3 Å². The van der Waals surface area contributed by atoms with E-state index in [1.54, 1.807) is 6.07 Å². The Labute approximate surface area is 242 Å². The molecule has 2 aromatic heterocycles. The van der Waals surface area contributed by atoms with Gasteiger partial charge in [-0.1, -0.05) is 18.2 Å². The van der Waals surface area contributed by atoms with Gasteiger partial charge in [0, 0.05) is 30.4 Å². The average Bonchev–Trinajstić information content (AvgIpc) is 3.71. The fourth-order valence-electron chi connectivity index (χ4n) is 5.58. The van der Waals surface area contributed by atoms with Gasteiger partial charge in [0.1, 0.15) is 0 Å². The van der Waals surface area contributed by atoms with E-state index in [1.165, 1.54) is 35.1 Å². The largest absolute Gasteiger partial charge is 0.389 e. The topological polar surface area (TPSA) is 88.4 Å². The van der Waals surface area contributed by atoms with Gasteiger partial charge in [0.15, 0.2) is 5.65 Å². The molecule has 2 aliphatic rings. The molecule has 0 aliphatic heterocycles. The first-order chi connectivity index (χ1) is 20.3. The number of nitrogens with one attached hydrogen (secondary N) is 2. The number of rotatable bonds is 10. The highest BCUT2D eigenvalue weighted by molar-refractivity contribution is 5.96. The molecule has 0 unspecified atom stereocenters. The maximum Gasteiger partial charge on any atom is 0.389 e. The van der Waals surface area contributed by atoms with Crippen molar-refractivity contribution in [3.05, 3.63) is 65.1 Å². The van der Waals surface area contributed by atoms with Crippen LogP contribution in [0.2, 0.25) is 0 Å². The van der Waals surface area contributed by atoms with Crippen LogP contribution in [0.25, 0.3) is 5.65 Å². The molecule has 0 saturated heterocycles. The predicted molar refractivity (Wildman–Crippen MR) is 140 cm³/mol. The first kappa shape index (κ1) is 30.7. The number of fused-ring (bicyclic) bond motifs is 1. The Morgan fingerprint density at radius 3 is 2.33 bits per heavy atom. The molecule has 2 heterocycles. The Morgan fingerprint density at radius 1 is 1.00 bits per heavy atom. The zero-order chi connectivity index (χ0) is 30.9. The Balaban J connectivity index is 1.42. The number of imidazole rings is 1. The molecule has 2 amide bonds. The quantitative estimate of drug-likeness (QED) is 0.244. The molecule has 2 aliphatic carbocycles. The molecule has 5 rings (SSSR count). The molecule has 2 saturated carbocycles. The predicted octanol–water partition coefficient (Wildman–Crippen LogP) is 6.87. The molecule has 2 atom stereocenters. The van der Waals surface area contributed by atoms with Gasteiger partial charge in [0.25, 0.3) is 12.3 Å². The summed E-state index contributed by atoms with van der Waals surface area (Å²) in [5.41, 5.74) is 0.437. The molecule has 0 radical (unpaired) electrons. The molecule has 0 spiro atoms. The fraction of sp³-hybridized carbons (Fsp3) is 0.517. The van der Waals surface area contributed by atoms with Crippen molar-refractivity contribution in [3.8, 4) is 0 Å². The normalized spacial score (nSPS) is 18.9. The van der Waals surface area contributed by atoms with Crippen LogP contribution in [0.1, 0.15) is 97.1 Å². The van der Waals surface area contributed by atoms with Crippen LogP contribution in [0, 0.1) is 11.8 Å². The van der Waals surface area contributed by atoms with Gasteiger partial charge in [-0.2, -0.15) is 18.3 Å². The average molecular weight is 614 g/mol. The number of carbonyl (C=O) groups excluding carboxylic acids is 2. The zero-order valence-corrected chi connectivity index (χ0v) is 22.9. The van der Waals surface area contributed by atoms with E-state index in [-0.39, 0.29) is 24.3 Å². The van der Waals surface area contributed by atoms with Crippen LogP contribution in [0.5, 0.6) is 0 Å². The minimum atomic E-state index is -4.46. The van der Waals surface area contributed by atoms with Gasteiger partial charge in [-0.05, 0) is 55.2 Å². The summed E-state index contributed by atoms with van der Waals surface area (Å²) >= 11 is 0. The summed E-state index contributed by atoms with van der Waals surface area (Å²) in [7, 11) is 0. The van der Waals surface area contributed by atoms with Crippen LogP contribution in [-0.4, -0.2) is 38.5 Å². The number of aromatic nitrogens is 3. The molecule has 14 heteroatoms. The Morgan fingerprint density at radius 2 is 1.67 bits per heavy atom. The molecule has 43 heavy (non-hydrogen) atoms. The van der Waals surface area contributed by atoms with Crippen LogP contribution in [0.3, 0.4) is 0 Å². The summed E-state index contributed by atoms with van der Waals surface area (Å²) < 4.78 is 94.4. The van der Waals surface area contributed by atoms with Crippen molar-refractivity contribution in [1.82, 2.24) is 25.2 Å². The van der Waals surface area contributed by atoms with Gasteiger partial charge < -0.3 is 10.6 Å². The van der Waals surface area contributed by atoms with Crippen molar-refractivity contribution in [2.75, 3.05) is 0 Å². The molecule has 2 N–H and O–H groups in total. The fourth-order valence-corrected chi connectivity index (χ4v) is 5.58. The number of nitrogens with zero attached hydrogens (tertiary/aromatic N) is 3. The summed E-state index contributed by atoms with van der Waals surface area (Å²) in [5, 5.41) is 9.77. The minimum Gasteiger partial charge on any atom is -0.349 e. The number of carbonyl (C=O) groups is 2. The van der Waals surface area contributed by atoms with Crippen molar-refractivity contribution >= 4 is 17.5 Å². The van der Waals surface area contributed by atoms with Crippen LogP contribution >= 0.6 is 0 Å². The summed E-state index contributed by atoms with van der Waals surface area (Å²) in [4.78, 5) is 30.1. The number of benzene rings is 1. The second-order valence-electron chi connectivity index (χ2n) is 11.3. The molecule has 7 nitrogen and oxygen atoms in total. The summed E-state index contributed by atoms with van der Waals surface area (Å²) in [6.07, 6.45) is -5.43. The lowest BCUT2D eigenvalue weighted by molar-refractivity contribution is -0.144. The molecule has 0 bridgehead atoms. The summed E-state index contributed by atoms with van der Waals surface area (Å²) in [5.74, 6) is -4.80. The van der Waals surface area contributed by atoms with Crippen LogP contribution in [0.15, 0.2) is 42.7 Å². The van der Waals surface area contributed by atoms with Gasteiger partial charge in [-0.25, -0.2) is 27.1 Å². The Kier molecular flexibility index (Phi) is 8.66. The van der Waals surface area contributed by atoms with E-state index in [4.69, 9.17) is 0 Å². The number of amides is 2. The number of hydrogen-bond acceptors (Lipinski definition) is 4. The number of halogens is 7. The van der Waals surface area contributed by atoms with E-state index in [9.17, 15) is 40.3 Å². The molecule has 232 valence electrons. The van der Waals surface area contributed by atoms with Crippen molar-refractivity contribution in [2.24, 2.45) is 11.8 Å². The second kappa shape index (κ2) is 12.1. The number of alkyl halides is 7. The van der Waals surface area contributed by atoms with Gasteiger partial charge in [0.05, 0.1) is 36.6 Å². The van der Waals surface area contributed by atoms with Gasteiger partial charge in [-0.15, -0.1) is 0 Å². The highest BCUT2D eigenvalue weighted by Crippen LogP contribution is 2.43. The number of hydrogen-bond donors (Lipinski definition) is 2. The SMILES string of the molecule is O=C(CCC(F)(F)F)N[C@@H](c1cnn2cc([C@@H](NC(=O)c3ccccc3C(F)F)C3CCC(F)(F)CC3)nc2c1)C1CC1. The summed E-state index contributed by atoms with van der Waals surface area (Å²) in [6.45, 7) is 0. The molecule has 2 fully saturated rings. The Hall–Kier alpha value is -3.71. The van der Waals surface area contributed by atoms with E-state index in [0.29, 0.717) is 16.9 Å². The lowest BCUT2D eigenvalue weighted by Crippen LogP contribution is -2.37. The van der Waals surface area contributed by atoms with E-state index in [1.807, 2.05) is 0 Å². The molecular weight excluding hydrogens is 583 g/mol. The molecule has 1 aromatic carbocycles. The van der Waals surface area contributed by atoms with Crippen molar-refractivity contribution in [2.45, 2.75) is 82.0 Å².